The fourth-order valence-electron chi connectivity index (χ4n) is 1.57. The van der Waals surface area contributed by atoms with Crippen LogP contribution < -0.4 is 5.32 Å². The zero-order valence-electron chi connectivity index (χ0n) is 10.3. The molecule has 2 rings (SSSR count). The lowest BCUT2D eigenvalue weighted by atomic mass is 10.1. The van der Waals surface area contributed by atoms with Crippen molar-refractivity contribution in [2.24, 2.45) is 0 Å². The number of ether oxygens (including phenoxy) is 1. The number of benzene rings is 1. The van der Waals surface area contributed by atoms with Crippen molar-refractivity contribution in [3.8, 4) is 0 Å². The number of nitrogens with zero attached hydrogens (tertiary/aromatic N) is 2. The fraction of sp³-hybridized carbons (Fsp3) is 0.154. The third-order valence-electron chi connectivity index (χ3n) is 2.48. The van der Waals surface area contributed by atoms with Crippen LogP contribution in [0.5, 0.6) is 0 Å². The molecule has 19 heavy (non-hydrogen) atoms. The summed E-state index contributed by atoms with van der Waals surface area (Å²) < 4.78 is 17.9. The highest BCUT2D eigenvalue weighted by molar-refractivity contribution is 5.95. The van der Waals surface area contributed by atoms with Crippen molar-refractivity contribution in [1.82, 2.24) is 9.97 Å². The van der Waals surface area contributed by atoms with E-state index in [0.29, 0.717) is 12.2 Å². The zero-order chi connectivity index (χ0) is 13.7. The summed E-state index contributed by atoms with van der Waals surface area (Å²) in [7, 11) is 1.28. The van der Waals surface area contributed by atoms with Gasteiger partial charge in [0, 0.05) is 24.5 Å². The van der Waals surface area contributed by atoms with Crippen LogP contribution in [0.15, 0.2) is 36.9 Å². The minimum absolute atomic E-state index is 0.278. The van der Waals surface area contributed by atoms with Gasteiger partial charge < -0.3 is 10.1 Å². The van der Waals surface area contributed by atoms with Crippen LogP contribution >= 0.6 is 0 Å². The highest BCUT2D eigenvalue weighted by Crippen LogP contribution is 2.19. The first kappa shape index (κ1) is 12.9. The summed E-state index contributed by atoms with van der Waals surface area (Å²) in [6.07, 6.45) is 4.69. The van der Waals surface area contributed by atoms with Gasteiger partial charge in [-0.2, -0.15) is 0 Å². The fourth-order valence-corrected chi connectivity index (χ4v) is 1.57. The minimum Gasteiger partial charge on any atom is -0.465 e. The number of esters is 1. The molecular formula is C13H12FN3O2. The van der Waals surface area contributed by atoms with Crippen LogP contribution in [0.4, 0.5) is 10.1 Å². The van der Waals surface area contributed by atoms with E-state index in [-0.39, 0.29) is 5.56 Å². The molecule has 0 bridgehead atoms. The smallest absolute Gasteiger partial charge is 0.339 e. The molecule has 0 aliphatic rings. The molecule has 0 unspecified atom stereocenters. The number of rotatable bonds is 4. The topological polar surface area (TPSA) is 64.1 Å². The quantitative estimate of drug-likeness (QED) is 0.853. The summed E-state index contributed by atoms with van der Waals surface area (Å²) in [5.74, 6) is -0.953. The standard InChI is InChI=1S/C13H12FN3O2/c1-19-13(18)11-3-2-10(14)4-12(11)17-7-9-5-15-8-16-6-9/h2-6,8,17H,7H2,1H3. The average molecular weight is 261 g/mol. The van der Waals surface area contributed by atoms with Crippen LogP contribution in [0.2, 0.25) is 0 Å². The van der Waals surface area contributed by atoms with Crippen molar-refractivity contribution in [3.05, 3.63) is 53.9 Å². The Balaban J connectivity index is 2.19. The molecule has 0 saturated carbocycles. The molecule has 0 saturated heterocycles. The van der Waals surface area contributed by atoms with Gasteiger partial charge in [-0.05, 0) is 18.2 Å². The normalized spacial score (nSPS) is 10.0. The highest BCUT2D eigenvalue weighted by atomic mass is 19.1. The van der Waals surface area contributed by atoms with Crippen molar-refractivity contribution < 1.29 is 13.9 Å². The Morgan fingerprint density at radius 2 is 2.11 bits per heavy atom. The lowest BCUT2D eigenvalue weighted by Crippen LogP contribution is -2.09. The largest absolute Gasteiger partial charge is 0.465 e. The molecule has 0 fully saturated rings. The summed E-state index contributed by atoms with van der Waals surface area (Å²) in [5, 5.41) is 2.96. The van der Waals surface area contributed by atoms with Gasteiger partial charge >= 0.3 is 5.97 Å². The van der Waals surface area contributed by atoms with Gasteiger partial charge in [-0.1, -0.05) is 0 Å². The number of anilines is 1. The summed E-state index contributed by atoms with van der Waals surface area (Å²) in [6.45, 7) is 0.383. The molecule has 5 nitrogen and oxygen atoms in total. The predicted octanol–water partition coefficient (Wildman–Crippen LogP) is 2.01. The molecule has 6 heteroatoms. The van der Waals surface area contributed by atoms with E-state index in [1.807, 2.05) is 0 Å². The van der Waals surface area contributed by atoms with Crippen LogP contribution in [0.25, 0.3) is 0 Å². The zero-order valence-corrected chi connectivity index (χ0v) is 10.3. The molecule has 0 aliphatic carbocycles. The number of nitrogens with one attached hydrogen (secondary N) is 1. The third kappa shape index (κ3) is 3.25. The van der Waals surface area contributed by atoms with Crippen LogP contribution in [-0.4, -0.2) is 23.0 Å². The van der Waals surface area contributed by atoms with Crippen LogP contribution in [-0.2, 0) is 11.3 Å². The molecule has 0 amide bonds. The molecule has 1 N–H and O–H groups in total. The first-order chi connectivity index (χ1) is 9.20. The SMILES string of the molecule is COC(=O)c1ccc(F)cc1NCc1cncnc1. The van der Waals surface area contributed by atoms with Gasteiger partial charge in [0.1, 0.15) is 12.1 Å². The van der Waals surface area contributed by atoms with Crippen molar-refractivity contribution in [1.29, 1.82) is 0 Å². The summed E-state index contributed by atoms with van der Waals surface area (Å²) in [4.78, 5) is 19.3. The Labute approximate surface area is 109 Å². The Hall–Kier alpha value is -2.50. The lowest BCUT2D eigenvalue weighted by Gasteiger charge is -2.10. The molecule has 1 heterocycles. The highest BCUT2D eigenvalue weighted by Gasteiger charge is 2.12. The van der Waals surface area contributed by atoms with Gasteiger partial charge in [0.25, 0.3) is 0 Å². The number of carbonyl (C=O) groups excluding carboxylic acids is 1. The predicted molar refractivity (Wildman–Crippen MR) is 67.1 cm³/mol. The third-order valence-corrected chi connectivity index (χ3v) is 2.48. The first-order valence-electron chi connectivity index (χ1n) is 5.56. The molecular weight excluding hydrogens is 249 g/mol. The van der Waals surface area contributed by atoms with Gasteiger partial charge in [-0.3, -0.25) is 0 Å². The van der Waals surface area contributed by atoms with Gasteiger partial charge in [-0.25, -0.2) is 19.2 Å². The maximum absolute atomic E-state index is 13.2. The van der Waals surface area contributed by atoms with E-state index in [1.165, 1.54) is 31.6 Å². The number of methoxy groups -OCH3 is 1. The van der Waals surface area contributed by atoms with Gasteiger partial charge in [0.2, 0.25) is 0 Å². The van der Waals surface area contributed by atoms with Crippen molar-refractivity contribution in [3.63, 3.8) is 0 Å². The van der Waals surface area contributed by atoms with E-state index in [0.717, 1.165) is 5.56 Å². The van der Waals surface area contributed by atoms with E-state index >= 15 is 0 Å². The van der Waals surface area contributed by atoms with Crippen molar-refractivity contribution >= 4 is 11.7 Å². The number of carbonyl (C=O) groups is 1. The lowest BCUT2D eigenvalue weighted by molar-refractivity contribution is 0.0602. The maximum atomic E-state index is 13.2. The summed E-state index contributed by atoms with van der Waals surface area (Å²) >= 11 is 0. The number of hydrogen-bond donors (Lipinski definition) is 1. The average Bonchev–Trinajstić information content (AvgIpc) is 2.45. The van der Waals surface area contributed by atoms with E-state index in [4.69, 9.17) is 0 Å². The first-order valence-corrected chi connectivity index (χ1v) is 5.56. The Morgan fingerprint density at radius 1 is 1.37 bits per heavy atom. The molecule has 0 radical (unpaired) electrons. The van der Waals surface area contributed by atoms with Gasteiger partial charge in [-0.15, -0.1) is 0 Å². The number of hydrogen-bond acceptors (Lipinski definition) is 5. The minimum atomic E-state index is -0.521. The molecule has 2 aromatic rings. The van der Waals surface area contributed by atoms with E-state index in [2.05, 4.69) is 20.0 Å². The van der Waals surface area contributed by atoms with Crippen LogP contribution in [0, 0.1) is 5.82 Å². The van der Waals surface area contributed by atoms with Crippen molar-refractivity contribution in [2.45, 2.75) is 6.54 Å². The van der Waals surface area contributed by atoms with Crippen LogP contribution in [0.3, 0.4) is 0 Å². The second kappa shape index (κ2) is 5.90. The second-order valence-electron chi connectivity index (χ2n) is 3.78. The summed E-state index contributed by atoms with van der Waals surface area (Å²) in [6, 6.07) is 3.84. The number of halogens is 1. The Kier molecular flexibility index (Phi) is 4.02. The van der Waals surface area contributed by atoms with Crippen LogP contribution in [0.1, 0.15) is 15.9 Å². The Bertz CT molecular complexity index is 575. The van der Waals surface area contributed by atoms with Crippen molar-refractivity contribution in [2.75, 3.05) is 12.4 Å². The van der Waals surface area contributed by atoms with E-state index < -0.39 is 11.8 Å². The maximum Gasteiger partial charge on any atom is 0.339 e. The van der Waals surface area contributed by atoms with E-state index in [9.17, 15) is 9.18 Å². The van der Waals surface area contributed by atoms with Gasteiger partial charge in [0.05, 0.1) is 18.4 Å². The van der Waals surface area contributed by atoms with Gasteiger partial charge in [0.15, 0.2) is 0 Å². The molecule has 1 aromatic carbocycles. The van der Waals surface area contributed by atoms with E-state index in [1.54, 1.807) is 12.4 Å². The monoisotopic (exact) mass is 261 g/mol. The Morgan fingerprint density at radius 3 is 2.79 bits per heavy atom. The molecule has 0 atom stereocenters. The summed E-state index contributed by atoms with van der Waals surface area (Å²) in [5.41, 5.74) is 1.47. The molecule has 0 aliphatic heterocycles. The molecule has 0 spiro atoms. The molecule has 98 valence electrons. The molecule has 1 aromatic heterocycles. The second-order valence-corrected chi connectivity index (χ2v) is 3.78. The number of aromatic nitrogens is 2.